The number of rotatable bonds is 6. The van der Waals surface area contributed by atoms with E-state index in [4.69, 9.17) is 4.98 Å². The molecule has 2 atom stereocenters. The molecule has 1 amide bonds. The van der Waals surface area contributed by atoms with E-state index >= 15 is 0 Å². The fourth-order valence-corrected chi connectivity index (χ4v) is 7.12. The van der Waals surface area contributed by atoms with Crippen LogP contribution in [0, 0.1) is 11.8 Å². The molecule has 0 radical (unpaired) electrons. The van der Waals surface area contributed by atoms with Crippen molar-refractivity contribution in [3.05, 3.63) is 51.3 Å². The maximum atomic E-state index is 13.2. The number of hydrogen-bond donors (Lipinski definition) is 2. The first-order chi connectivity index (χ1) is 19.0. The zero-order valence-corrected chi connectivity index (χ0v) is 25.2. The first-order valence-electron chi connectivity index (χ1n) is 13.7. The lowest BCUT2D eigenvalue weighted by Crippen LogP contribution is -2.41. The molecule has 2 aromatic rings. The number of pyridine rings is 1. The Bertz CT molecular complexity index is 1410. The molecule has 2 saturated heterocycles. The van der Waals surface area contributed by atoms with E-state index in [1.807, 2.05) is 9.80 Å². The van der Waals surface area contributed by atoms with Gasteiger partial charge in [-0.3, -0.25) is 9.78 Å². The standard InChI is InChI=1S/C28H36BrN5O5S/c1-32(2)40(38,39)31-17-33-8-5-18(16-33)11-25(37)34-9-6-19(7-10-34)27-26-20(13-23(35)14-24(26)36)3-4-21-12-22(29)15-30-28(21)27/h12-15,17-19,27,35-36H,3-11,16H2,1-2H3/b31-17-. The van der Waals surface area contributed by atoms with Crippen molar-refractivity contribution < 1.29 is 23.4 Å². The molecule has 5 rings (SSSR count). The highest BCUT2D eigenvalue weighted by Gasteiger charge is 2.37. The summed E-state index contributed by atoms with van der Waals surface area (Å²) < 4.78 is 29.5. The number of halogens is 1. The van der Waals surface area contributed by atoms with Crippen molar-refractivity contribution in [2.45, 2.75) is 44.4 Å². The third-order valence-corrected chi connectivity index (χ3v) is 10.1. The van der Waals surface area contributed by atoms with E-state index in [9.17, 15) is 23.4 Å². The zero-order valence-electron chi connectivity index (χ0n) is 22.8. The van der Waals surface area contributed by atoms with Gasteiger partial charge in [-0.2, -0.15) is 12.7 Å². The number of carbonyl (C=O) groups is 1. The molecule has 0 spiro atoms. The van der Waals surface area contributed by atoms with E-state index in [0.717, 1.165) is 56.8 Å². The van der Waals surface area contributed by atoms with Crippen LogP contribution in [-0.2, 0) is 27.8 Å². The number of aryl methyl sites for hydroxylation is 2. The summed E-state index contributed by atoms with van der Waals surface area (Å²) >= 11 is 3.54. The van der Waals surface area contributed by atoms with Crippen molar-refractivity contribution in [1.82, 2.24) is 19.1 Å². The number of amides is 1. The molecule has 2 fully saturated rings. The van der Waals surface area contributed by atoms with Gasteiger partial charge in [0.05, 0.1) is 5.69 Å². The number of aromatic hydroxyl groups is 2. The zero-order chi connectivity index (χ0) is 28.6. The van der Waals surface area contributed by atoms with E-state index in [-0.39, 0.29) is 35.2 Å². The summed E-state index contributed by atoms with van der Waals surface area (Å²) in [6.07, 6.45) is 7.49. The lowest BCUT2D eigenvalue weighted by atomic mass is 9.76. The number of piperidine rings is 1. The molecule has 12 heteroatoms. The number of likely N-dealkylation sites (tertiary alicyclic amines) is 2. The summed E-state index contributed by atoms with van der Waals surface area (Å²) in [6.45, 7) is 2.56. The molecule has 2 unspecified atom stereocenters. The minimum atomic E-state index is -3.65. The van der Waals surface area contributed by atoms with E-state index < -0.39 is 10.2 Å². The number of fused-ring (bicyclic) bond motifs is 2. The van der Waals surface area contributed by atoms with Crippen molar-refractivity contribution in [1.29, 1.82) is 0 Å². The Hall–Kier alpha value is -2.70. The molecular weight excluding hydrogens is 598 g/mol. The summed E-state index contributed by atoms with van der Waals surface area (Å²) in [5.41, 5.74) is 3.90. The number of aromatic nitrogens is 1. The van der Waals surface area contributed by atoms with Crippen molar-refractivity contribution >= 4 is 38.4 Å². The number of hydrogen-bond acceptors (Lipinski definition) is 6. The second-order valence-corrected chi connectivity index (χ2v) is 14.0. The molecular formula is C28H36BrN5O5S. The van der Waals surface area contributed by atoms with E-state index in [1.54, 1.807) is 12.3 Å². The molecule has 10 nitrogen and oxygen atoms in total. The quantitative estimate of drug-likeness (QED) is 0.369. The fraction of sp³-hybridized carbons (Fsp3) is 0.536. The smallest absolute Gasteiger partial charge is 0.323 e. The molecule has 216 valence electrons. The van der Waals surface area contributed by atoms with E-state index in [1.165, 1.54) is 26.5 Å². The summed E-state index contributed by atoms with van der Waals surface area (Å²) in [4.78, 5) is 21.8. The normalized spacial score (nSPS) is 22.0. The predicted octanol–water partition coefficient (Wildman–Crippen LogP) is 3.27. The Kier molecular flexibility index (Phi) is 8.40. The lowest BCUT2D eigenvalue weighted by molar-refractivity contribution is -0.133. The summed E-state index contributed by atoms with van der Waals surface area (Å²) in [7, 11) is -0.769. The Morgan fingerprint density at radius 2 is 1.85 bits per heavy atom. The van der Waals surface area contributed by atoms with Crippen LogP contribution in [0.3, 0.4) is 0 Å². The number of phenolic OH excluding ortho intramolecular Hbond substituents is 2. The van der Waals surface area contributed by atoms with Crippen LogP contribution in [0.1, 0.15) is 54.0 Å². The van der Waals surface area contributed by atoms with Gasteiger partial charge in [-0.15, -0.1) is 4.40 Å². The van der Waals surface area contributed by atoms with E-state index in [0.29, 0.717) is 39.0 Å². The molecule has 3 heterocycles. The van der Waals surface area contributed by atoms with Gasteiger partial charge in [0.1, 0.15) is 17.8 Å². The SMILES string of the molecule is CN(C)S(=O)(=O)/N=C\N1CCC(CC(=O)N2CCC(C3c4ncc(Br)cc4CCc4cc(O)cc(O)c43)CC2)C1. The van der Waals surface area contributed by atoms with Crippen molar-refractivity contribution in [2.24, 2.45) is 16.2 Å². The molecule has 1 aromatic carbocycles. The summed E-state index contributed by atoms with van der Waals surface area (Å²) in [6, 6.07) is 5.27. The van der Waals surface area contributed by atoms with Crippen LogP contribution < -0.4 is 0 Å². The number of carbonyl (C=O) groups excluding carboxylic acids is 1. The van der Waals surface area contributed by atoms with Crippen LogP contribution >= 0.6 is 15.9 Å². The van der Waals surface area contributed by atoms with Crippen LogP contribution in [0.2, 0.25) is 0 Å². The predicted molar refractivity (Wildman–Crippen MR) is 156 cm³/mol. The molecule has 1 aromatic heterocycles. The Balaban J connectivity index is 1.25. The first kappa shape index (κ1) is 28.8. The average molecular weight is 635 g/mol. The molecule has 2 aliphatic heterocycles. The van der Waals surface area contributed by atoms with Gasteiger partial charge in [-0.05, 0) is 83.1 Å². The molecule has 3 aliphatic rings. The summed E-state index contributed by atoms with van der Waals surface area (Å²) in [5, 5.41) is 21.1. The van der Waals surface area contributed by atoms with Crippen LogP contribution in [0.4, 0.5) is 0 Å². The van der Waals surface area contributed by atoms with Crippen molar-refractivity contribution in [2.75, 3.05) is 40.3 Å². The minimum Gasteiger partial charge on any atom is -0.508 e. The Morgan fingerprint density at radius 1 is 1.12 bits per heavy atom. The van der Waals surface area contributed by atoms with Gasteiger partial charge in [0.25, 0.3) is 0 Å². The van der Waals surface area contributed by atoms with Gasteiger partial charge in [-0.25, -0.2) is 0 Å². The Labute approximate surface area is 244 Å². The lowest BCUT2D eigenvalue weighted by Gasteiger charge is -2.37. The van der Waals surface area contributed by atoms with E-state index in [2.05, 4.69) is 26.4 Å². The minimum absolute atomic E-state index is 0.0617. The second kappa shape index (κ2) is 11.7. The first-order valence-corrected chi connectivity index (χ1v) is 15.9. The molecule has 0 bridgehead atoms. The summed E-state index contributed by atoms with van der Waals surface area (Å²) in [5.74, 6) is 0.529. The number of nitrogens with zero attached hydrogens (tertiary/aromatic N) is 5. The fourth-order valence-electron chi connectivity index (χ4n) is 6.30. The van der Waals surface area contributed by atoms with Gasteiger partial charge in [-0.1, -0.05) is 0 Å². The maximum Gasteiger partial charge on any atom is 0.323 e. The largest absolute Gasteiger partial charge is 0.508 e. The van der Waals surface area contributed by atoms with Crippen LogP contribution in [0.25, 0.3) is 0 Å². The maximum absolute atomic E-state index is 13.2. The van der Waals surface area contributed by atoms with Crippen LogP contribution in [0.5, 0.6) is 11.5 Å². The molecule has 2 N–H and O–H groups in total. The number of benzene rings is 1. The molecule has 1 aliphatic carbocycles. The number of phenols is 2. The van der Waals surface area contributed by atoms with Gasteiger partial charge < -0.3 is 20.0 Å². The van der Waals surface area contributed by atoms with Crippen LogP contribution in [0.15, 0.2) is 33.3 Å². The highest BCUT2D eigenvalue weighted by molar-refractivity contribution is 9.10. The highest BCUT2D eigenvalue weighted by atomic mass is 79.9. The van der Waals surface area contributed by atoms with Crippen LogP contribution in [-0.4, -0.2) is 90.2 Å². The molecule has 40 heavy (non-hydrogen) atoms. The average Bonchev–Trinajstić information content (AvgIpc) is 3.29. The third kappa shape index (κ3) is 6.13. The van der Waals surface area contributed by atoms with Crippen molar-refractivity contribution in [3.8, 4) is 11.5 Å². The third-order valence-electron chi connectivity index (χ3n) is 8.42. The van der Waals surface area contributed by atoms with Crippen molar-refractivity contribution in [3.63, 3.8) is 0 Å². The topological polar surface area (TPSA) is 127 Å². The van der Waals surface area contributed by atoms with Gasteiger partial charge in [0.2, 0.25) is 5.91 Å². The second-order valence-electron chi connectivity index (χ2n) is 11.3. The Morgan fingerprint density at radius 3 is 2.58 bits per heavy atom. The molecule has 0 saturated carbocycles. The van der Waals surface area contributed by atoms with Gasteiger partial charge >= 0.3 is 10.2 Å². The van der Waals surface area contributed by atoms with Gasteiger partial charge in [0.15, 0.2) is 0 Å². The monoisotopic (exact) mass is 633 g/mol. The highest BCUT2D eigenvalue weighted by Crippen LogP contribution is 2.47. The van der Waals surface area contributed by atoms with Gasteiger partial charge in [0, 0.05) is 74.9 Å².